The SMILES string of the molecule is Fc1ccc(CCNCc2cccc(OCc3ccc(F)cc3Cl)c2)cc1. The van der Waals surface area contributed by atoms with Crippen molar-refractivity contribution in [1.82, 2.24) is 5.32 Å². The molecule has 140 valence electrons. The second-order valence-corrected chi connectivity index (χ2v) is 6.63. The Labute approximate surface area is 162 Å². The summed E-state index contributed by atoms with van der Waals surface area (Å²) in [5.41, 5.74) is 2.93. The summed E-state index contributed by atoms with van der Waals surface area (Å²) in [7, 11) is 0. The van der Waals surface area contributed by atoms with Crippen LogP contribution >= 0.6 is 11.6 Å². The lowest BCUT2D eigenvalue weighted by molar-refractivity contribution is 0.306. The molecule has 0 radical (unpaired) electrons. The Bertz CT molecular complexity index is 884. The maximum Gasteiger partial charge on any atom is 0.124 e. The Hall–Kier alpha value is -2.43. The molecule has 0 saturated heterocycles. The molecule has 0 spiro atoms. The Morgan fingerprint density at radius 1 is 0.852 bits per heavy atom. The van der Waals surface area contributed by atoms with Gasteiger partial charge < -0.3 is 10.1 Å². The van der Waals surface area contributed by atoms with Crippen LogP contribution in [0.5, 0.6) is 5.75 Å². The van der Waals surface area contributed by atoms with Crippen LogP contribution in [0.15, 0.2) is 66.7 Å². The van der Waals surface area contributed by atoms with Crippen molar-refractivity contribution in [2.45, 2.75) is 19.6 Å². The molecule has 2 nitrogen and oxygen atoms in total. The van der Waals surface area contributed by atoms with Crippen LogP contribution in [0.1, 0.15) is 16.7 Å². The Balaban J connectivity index is 1.47. The molecule has 0 fully saturated rings. The monoisotopic (exact) mass is 387 g/mol. The highest BCUT2D eigenvalue weighted by Gasteiger charge is 2.04. The minimum atomic E-state index is -0.363. The first-order valence-corrected chi connectivity index (χ1v) is 9.09. The van der Waals surface area contributed by atoms with Crippen LogP contribution in [0.2, 0.25) is 5.02 Å². The van der Waals surface area contributed by atoms with Gasteiger partial charge in [-0.2, -0.15) is 0 Å². The molecule has 0 amide bonds. The third-order valence-corrected chi connectivity index (χ3v) is 4.49. The standard InChI is InChI=1S/C22H20ClF2NO/c23-22-13-20(25)9-6-18(22)15-27-21-3-1-2-17(12-21)14-26-11-10-16-4-7-19(24)8-5-16/h1-9,12-13,26H,10-11,14-15H2. The van der Waals surface area contributed by atoms with Crippen molar-refractivity contribution in [2.75, 3.05) is 6.54 Å². The number of rotatable bonds is 8. The van der Waals surface area contributed by atoms with Gasteiger partial charge in [0.2, 0.25) is 0 Å². The smallest absolute Gasteiger partial charge is 0.124 e. The highest BCUT2D eigenvalue weighted by molar-refractivity contribution is 6.31. The molecule has 0 aliphatic rings. The van der Waals surface area contributed by atoms with E-state index in [2.05, 4.69) is 5.32 Å². The predicted molar refractivity (Wildman–Crippen MR) is 104 cm³/mol. The fourth-order valence-electron chi connectivity index (χ4n) is 2.66. The van der Waals surface area contributed by atoms with Crippen molar-refractivity contribution in [3.8, 4) is 5.75 Å². The van der Waals surface area contributed by atoms with Crippen LogP contribution in [-0.2, 0) is 19.6 Å². The molecule has 5 heteroatoms. The van der Waals surface area contributed by atoms with Gasteiger partial charge in [0, 0.05) is 12.1 Å². The highest BCUT2D eigenvalue weighted by Crippen LogP contribution is 2.20. The average molecular weight is 388 g/mol. The van der Waals surface area contributed by atoms with Gasteiger partial charge in [-0.3, -0.25) is 0 Å². The zero-order valence-corrected chi connectivity index (χ0v) is 15.5. The molecule has 1 N–H and O–H groups in total. The maximum atomic E-state index is 13.1. The minimum absolute atomic E-state index is 0.217. The Morgan fingerprint density at radius 2 is 1.63 bits per heavy atom. The zero-order valence-electron chi connectivity index (χ0n) is 14.7. The van der Waals surface area contributed by atoms with E-state index in [1.54, 1.807) is 18.2 Å². The summed E-state index contributed by atoms with van der Waals surface area (Å²) in [5, 5.41) is 3.72. The summed E-state index contributed by atoms with van der Waals surface area (Å²) < 4.78 is 31.8. The molecule has 0 aliphatic heterocycles. The Kier molecular flexibility index (Phi) is 6.80. The molecular formula is C22H20ClF2NO. The fraction of sp³-hybridized carbons (Fsp3) is 0.182. The summed E-state index contributed by atoms with van der Waals surface area (Å²) in [5.74, 6) is 0.149. The van der Waals surface area contributed by atoms with E-state index in [0.717, 1.165) is 35.4 Å². The van der Waals surface area contributed by atoms with Crippen LogP contribution in [0, 0.1) is 11.6 Å². The third kappa shape index (κ3) is 6.05. The number of nitrogens with one attached hydrogen (secondary N) is 1. The van der Waals surface area contributed by atoms with Crippen LogP contribution in [0.4, 0.5) is 8.78 Å². The predicted octanol–water partition coefficient (Wildman–Crippen LogP) is 5.53. The van der Waals surface area contributed by atoms with E-state index in [-0.39, 0.29) is 18.2 Å². The van der Waals surface area contributed by atoms with Gasteiger partial charge in [0.25, 0.3) is 0 Å². The maximum absolute atomic E-state index is 13.1. The molecule has 0 atom stereocenters. The molecule has 0 heterocycles. The molecule has 3 rings (SSSR count). The van der Waals surface area contributed by atoms with E-state index in [9.17, 15) is 8.78 Å². The second-order valence-electron chi connectivity index (χ2n) is 6.23. The van der Waals surface area contributed by atoms with E-state index >= 15 is 0 Å². The molecule has 0 unspecified atom stereocenters. The molecule has 0 aromatic heterocycles. The highest BCUT2D eigenvalue weighted by atomic mass is 35.5. The molecule has 0 aliphatic carbocycles. The third-order valence-electron chi connectivity index (χ3n) is 4.14. The van der Waals surface area contributed by atoms with Crippen molar-refractivity contribution in [1.29, 1.82) is 0 Å². The van der Waals surface area contributed by atoms with Gasteiger partial charge in [-0.1, -0.05) is 41.9 Å². The number of ether oxygens (including phenoxy) is 1. The summed E-state index contributed by atoms with van der Waals surface area (Å²) in [6, 6.07) is 18.6. The summed E-state index contributed by atoms with van der Waals surface area (Å²) >= 11 is 6.02. The lowest BCUT2D eigenvalue weighted by atomic mass is 10.1. The Morgan fingerprint density at radius 3 is 2.41 bits per heavy atom. The number of hydrogen-bond acceptors (Lipinski definition) is 2. The van der Waals surface area contributed by atoms with Crippen molar-refractivity contribution >= 4 is 11.6 Å². The van der Waals surface area contributed by atoms with E-state index < -0.39 is 0 Å². The first-order chi connectivity index (χ1) is 13.1. The van der Waals surface area contributed by atoms with Gasteiger partial charge in [-0.15, -0.1) is 0 Å². The molecular weight excluding hydrogens is 368 g/mol. The topological polar surface area (TPSA) is 21.3 Å². The van der Waals surface area contributed by atoms with Gasteiger partial charge >= 0.3 is 0 Å². The van der Waals surface area contributed by atoms with Crippen molar-refractivity contribution in [3.63, 3.8) is 0 Å². The van der Waals surface area contributed by atoms with Crippen molar-refractivity contribution < 1.29 is 13.5 Å². The van der Waals surface area contributed by atoms with Crippen LogP contribution in [0.3, 0.4) is 0 Å². The molecule has 27 heavy (non-hydrogen) atoms. The second kappa shape index (κ2) is 9.49. The number of halogens is 3. The fourth-order valence-corrected chi connectivity index (χ4v) is 2.88. The van der Waals surface area contributed by atoms with Gasteiger partial charge in [-0.25, -0.2) is 8.78 Å². The van der Waals surface area contributed by atoms with Gasteiger partial charge in [0.15, 0.2) is 0 Å². The van der Waals surface area contributed by atoms with Crippen LogP contribution in [0.25, 0.3) is 0 Å². The lowest BCUT2D eigenvalue weighted by Crippen LogP contribution is -2.16. The molecule has 0 bridgehead atoms. The summed E-state index contributed by atoms with van der Waals surface area (Å²) in [6.07, 6.45) is 0.833. The first kappa shape index (κ1) is 19.3. The van der Waals surface area contributed by atoms with E-state index in [1.807, 2.05) is 24.3 Å². The van der Waals surface area contributed by atoms with Gasteiger partial charge in [0.05, 0.1) is 5.02 Å². The van der Waals surface area contributed by atoms with E-state index in [1.165, 1.54) is 24.3 Å². The van der Waals surface area contributed by atoms with Crippen LogP contribution < -0.4 is 10.1 Å². The van der Waals surface area contributed by atoms with Gasteiger partial charge in [-0.05, 0) is 60.5 Å². The molecule has 3 aromatic carbocycles. The van der Waals surface area contributed by atoms with Crippen LogP contribution in [-0.4, -0.2) is 6.54 Å². The van der Waals surface area contributed by atoms with E-state index in [4.69, 9.17) is 16.3 Å². The zero-order chi connectivity index (χ0) is 19.1. The summed E-state index contributed by atoms with van der Waals surface area (Å²) in [4.78, 5) is 0. The quantitative estimate of drug-likeness (QED) is 0.513. The largest absolute Gasteiger partial charge is 0.489 e. The number of hydrogen-bond donors (Lipinski definition) is 1. The average Bonchev–Trinajstić information content (AvgIpc) is 2.66. The molecule has 3 aromatic rings. The number of benzene rings is 3. The van der Waals surface area contributed by atoms with E-state index in [0.29, 0.717) is 11.6 Å². The minimum Gasteiger partial charge on any atom is -0.489 e. The summed E-state index contributed by atoms with van der Waals surface area (Å²) in [6.45, 7) is 1.78. The van der Waals surface area contributed by atoms with Gasteiger partial charge in [0.1, 0.15) is 24.0 Å². The molecule has 0 saturated carbocycles. The van der Waals surface area contributed by atoms with Crippen molar-refractivity contribution in [2.24, 2.45) is 0 Å². The van der Waals surface area contributed by atoms with Crippen molar-refractivity contribution in [3.05, 3.63) is 100 Å². The normalized spacial score (nSPS) is 10.8. The first-order valence-electron chi connectivity index (χ1n) is 8.71. The lowest BCUT2D eigenvalue weighted by Gasteiger charge is -2.10.